The van der Waals surface area contributed by atoms with E-state index in [0.29, 0.717) is 24.8 Å². The Morgan fingerprint density at radius 1 is 1.16 bits per heavy atom. The second-order valence-corrected chi connectivity index (χ2v) is 9.04. The van der Waals surface area contributed by atoms with E-state index in [4.69, 9.17) is 4.52 Å². The highest BCUT2D eigenvalue weighted by atomic mass is 32.1. The Balaban J connectivity index is 1.36. The first kappa shape index (κ1) is 21.6. The quantitative estimate of drug-likeness (QED) is 0.544. The summed E-state index contributed by atoms with van der Waals surface area (Å²) in [6, 6.07) is 9.84. The van der Waals surface area contributed by atoms with Crippen molar-refractivity contribution in [3.8, 4) is 11.4 Å². The lowest BCUT2D eigenvalue weighted by Crippen LogP contribution is -2.49. The standard InChI is InChI=1S/C23H29N5O2S/c1-4-5-11-19-24-16(2)20(31-19)23(29)28-14-12-27(13-15-28)17(3)22-25-21(26-30-22)18-9-7-6-8-10-18/h6-10,17H,4-5,11-15H2,1-3H3. The average molecular weight is 440 g/mol. The van der Waals surface area contributed by atoms with Crippen molar-refractivity contribution in [2.24, 2.45) is 0 Å². The van der Waals surface area contributed by atoms with E-state index in [1.54, 1.807) is 11.3 Å². The molecule has 7 nitrogen and oxygen atoms in total. The van der Waals surface area contributed by atoms with Crippen molar-refractivity contribution in [3.63, 3.8) is 0 Å². The van der Waals surface area contributed by atoms with Crippen LogP contribution in [0.5, 0.6) is 0 Å². The third kappa shape index (κ3) is 4.85. The summed E-state index contributed by atoms with van der Waals surface area (Å²) in [5.41, 5.74) is 1.80. The first-order valence-electron chi connectivity index (χ1n) is 11.0. The van der Waals surface area contributed by atoms with Crippen LogP contribution in [0.3, 0.4) is 0 Å². The van der Waals surface area contributed by atoms with E-state index in [1.165, 1.54) is 0 Å². The fraction of sp³-hybridized carbons (Fsp3) is 0.478. The summed E-state index contributed by atoms with van der Waals surface area (Å²) in [6.45, 7) is 9.11. The van der Waals surface area contributed by atoms with Gasteiger partial charge in [-0.05, 0) is 26.7 Å². The van der Waals surface area contributed by atoms with E-state index in [9.17, 15) is 4.79 Å². The van der Waals surface area contributed by atoms with Crippen molar-refractivity contribution >= 4 is 17.2 Å². The van der Waals surface area contributed by atoms with Crippen LogP contribution in [0.2, 0.25) is 0 Å². The molecule has 1 atom stereocenters. The highest BCUT2D eigenvalue weighted by Crippen LogP contribution is 2.25. The van der Waals surface area contributed by atoms with Gasteiger partial charge in [0.25, 0.3) is 5.91 Å². The molecule has 1 aromatic carbocycles. The van der Waals surface area contributed by atoms with Gasteiger partial charge < -0.3 is 9.42 Å². The van der Waals surface area contributed by atoms with Crippen LogP contribution in [0.25, 0.3) is 11.4 Å². The van der Waals surface area contributed by atoms with Gasteiger partial charge in [-0.1, -0.05) is 48.8 Å². The molecule has 0 bridgehead atoms. The predicted octanol–water partition coefficient (Wildman–Crippen LogP) is 4.36. The maximum Gasteiger partial charge on any atom is 0.265 e. The molecule has 0 spiro atoms. The molecular weight excluding hydrogens is 410 g/mol. The SMILES string of the molecule is CCCCc1nc(C)c(C(=O)N2CCN(C(C)c3nc(-c4ccccc4)no3)CC2)s1. The zero-order valence-electron chi connectivity index (χ0n) is 18.4. The fourth-order valence-electron chi connectivity index (χ4n) is 3.81. The summed E-state index contributed by atoms with van der Waals surface area (Å²) in [7, 11) is 0. The van der Waals surface area contributed by atoms with Gasteiger partial charge in [-0.25, -0.2) is 4.98 Å². The number of hydrogen-bond acceptors (Lipinski definition) is 7. The van der Waals surface area contributed by atoms with Crippen LogP contribution in [0.1, 0.15) is 59.0 Å². The second kappa shape index (κ2) is 9.70. The van der Waals surface area contributed by atoms with Gasteiger partial charge in [-0.2, -0.15) is 4.98 Å². The van der Waals surface area contributed by atoms with Gasteiger partial charge >= 0.3 is 0 Å². The summed E-state index contributed by atoms with van der Waals surface area (Å²) in [6.07, 6.45) is 3.20. The van der Waals surface area contributed by atoms with Gasteiger partial charge in [-0.15, -0.1) is 11.3 Å². The van der Waals surface area contributed by atoms with Gasteiger partial charge in [0.2, 0.25) is 11.7 Å². The van der Waals surface area contributed by atoms with E-state index in [0.717, 1.165) is 53.5 Å². The van der Waals surface area contributed by atoms with Crippen LogP contribution >= 0.6 is 11.3 Å². The summed E-state index contributed by atoms with van der Waals surface area (Å²) in [4.78, 5) is 27.3. The van der Waals surface area contributed by atoms with Crippen molar-refractivity contribution in [1.82, 2.24) is 24.9 Å². The number of thiazole rings is 1. The molecule has 8 heteroatoms. The molecule has 1 saturated heterocycles. The van der Waals surface area contributed by atoms with Crippen molar-refractivity contribution in [1.29, 1.82) is 0 Å². The molecule has 1 unspecified atom stereocenters. The molecule has 0 N–H and O–H groups in total. The third-order valence-electron chi connectivity index (χ3n) is 5.76. The Labute approximate surface area is 187 Å². The van der Waals surface area contributed by atoms with Crippen molar-refractivity contribution in [2.45, 2.75) is 46.1 Å². The summed E-state index contributed by atoms with van der Waals surface area (Å²) >= 11 is 1.56. The molecule has 2 aromatic heterocycles. The van der Waals surface area contributed by atoms with Crippen LogP contribution in [0.15, 0.2) is 34.9 Å². The zero-order chi connectivity index (χ0) is 21.8. The highest BCUT2D eigenvalue weighted by molar-refractivity contribution is 7.13. The lowest BCUT2D eigenvalue weighted by atomic mass is 10.2. The first-order valence-corrected chi connectivity index (χ1v) is 11.8. The van der Waals surface area contributed by atoms with E-state index < -0.39 is 0 Å². The maximum atomic E-state index is 13.1. The molecule has 4 rings (SSSR count). The van der Waals surface area contributed by atoms with Crippen molar-refractivity contribution in [3.05, 3.63) is 51.8 Å². The van der Waals surface area contributed by atoms with Crippen LogP contribution in [0, 0.1) is 6.92 Å². The molecule has 31 heavy (non-hydrogen) atoms. The number of benzene rings is 1. The lowest BCUT2D eigenvalue weighted by Gasteiger charge is -2.36. The minimum atomic E-state index is 0.00741. The number of carbonyl (C=O) groups is 1. The molecule has 1 aliphatic heterocycles. The van der Waals surface area contributed by atoms with Gasteiger partial charge in [0.15, 0.2) is 0 Å². The van der Waals surface area contributed by atoms with Crippen molar-refractivity contribution < 1.29 is 9.32 Å². The number of piperazine rings is 1. The predicted molar refractivity (Wildman–Crippen MR) is 121 cm³/mol. The molecule has 1 fully saturated rings. The molecule has 0 radical (unpaired) electrons. The number of amides is 1. The molecule has 3 aromatic rings. The smallest absolute Gasteiger partial charge is 0.265 e. The molecule has 164 valence electrons. The number of carbonyl (C=O) groups excluding carboxylic acids is 1. The van der Waals surface area contributed by atoms with Gasteiger partial charge in [0, 0.05) is 31.7 Å². The molecule has 3 heterocycles. The largest absolute Gasteiger partial charge is 0.337 e. The van der Waals surface area contributed by atoms with E-state index in [2.05, 4.69) is 33.9 Å². The zero-order valence-corrected chi connectivity index (χ0v) is 19.2. The second-order valence-electron chi connectivity index (χ2n) is 7.95. The van der Waals surface area contributed by atoms with Gasteiger partial charge in [0.1, 0.15) is 4.88 Å². The molecule has 1 amide bonds. The normalized spacial score (nSPS) is 15.9. The average Bonchev–Trinajstić information content (AvgIpc) is 3.44. The number of aryl methyl sites for hydroxylation is 2. The topological polar surface area (TPSA) is 75.4 Å². The minimum Gasteiger partial charge on any atom is -0.337 e. The van der Waals surface area contributed by atoms with E-state index in [-0.39, 0.29) is 11.9 Å². The van der Waals surface area contributed by atoms with Gasteiger partial charge in [0.05, 0.1) is 16.7 Å². The number of rotatable bonds is 7. The molecule has 0 aliphatic carbocycles. The highest BCUT2D eigenvalue weighted by Gasteiger charge is 2.29. The van der Waals surface area contributed by atoms with E-state index in [1.807, 2.05) is 42.2 Å². The fourth-order valence-corrected chi connectivity index (χ4v) is 4.88. The van der Waals surface area contributed by atoms with Crippen LogP contribution < -0.4 is 0 Å². The van der Waals surface area contributed by atoms with Crippen LogP contribution in [-0.2, 0) is 6.42 Å². The lowest BCUT2D eigenvalue weighted by molar-refractivity contribution is 0.0555. The number of nitrogens with zero attached hydrogens (tertiary/aromatic N) is 5. The van der Waals surface area contributed by atoms with Crippen molar-refractivity contribution in [2.75, 3.05) is 26.2 Å². The maximum absolute atomic E-state index is 13.1. The Bertz CT molecular complexity index is 1010. The summed E-state index contributed by atoms with van der Waals surface area (Å²) in [5.74, 6) is 1.32. The van der Waals surface area contributed by atoms with Crippen LogP contribution in [-0.4, -0.2) is 57.0 Å². The first-order chi connectivity index (χ1) is 15.1. The molecule has 1 aliphatic rings. The summed E-state index contributed by atoms with van der Waals surface area (Å²) < 4.78 is 5.54. The van der Waals surface area contributed by atoms with E-state index >= 15 is 0 Å². The Morgan fingerprint density at radius 2 is 1.90 bits per heavy atom. The monoisotopic (exact) mass is 439 g/mol. The Morgan fingerprint density at radius 3 is 2.61 bits per heavy atom. The molecule has 0 saturated carbocycles. The number of hydrogen-bond donors (Lipinski definition) is 0. The number of aromatic nitrogens is 3. The Hall–Kier alpha value is -2.58. The minimum absolute atomic E-state index is 0.00741. The number of unbranched alkanes of at least 4 members (excludes halogenated alkanes) is 1. The van der Waals surface area contributed by atoms with Crippen LogP contribution in [0.4, 0.5) is 0 Å². The third-order valence-corrected chi connectivity index (χ3v) is 6.96. The summed E-state index contributed by atoms with van der Waals surface area (Å²) in [5, 5.41) is 5.21. The van der Waals surface area contributed by atoms with Gasteiger partial charge in [-0.3, -0.25) is 9.69 Å². The Kier molecular flexibility index (Phi) is 6.77. The molecular formula is C23H29N5O2S.